The van der Waals surface area contributed by atoms with Crippen LogP contribution in [0.25, 0.3) is 0 Å². The molecule has 4 nitrogen and oxygen atoms in total. The molecule has 1 aromatic rings. The first kappa shape index (κ1) is 18.8. The van der Waals surface area contributed by atoms with E-state index >= 15 is 0 Å². The summed E-state index contributed by atoms with van der Waals surface area (Å²) in [7, 11) is 0. The van der Waals surface area contributed by atoms with E-state index in [1.165, 1.54) is 18.2 Å². The molecule has 1 aromatic carbocycles. The van der Waals surface area contributed by atoms with Crippen molar-refractivity contribution in [3.05, 3.63) is 35.4 Å². The maximum Gasteiger partial charge on any atom is 0.243 e. The van der Waals surface area contributed by atoms with Crippen molar-refractivity contribution in [2.45, 2.75) is 75.6 Å². The summed E-state index contributed by atoms with van der Waals surface area (Å²) in [4.78, 5) is 17.6. The molecule has 2 saturated heterocycles. The second kappa shape index (κ2) is 7.47. The number of rotatable bonds is 3. The minimum Gasteiger partial charge on any atom is -0.393 e. The Balaban J connectivity index is 1.56. The minimum atomic E-state index is -0.622. The maximum atomic E-state index is 14.2. The SMILES string of the molecule is O=C1N(C2CCC(O)CC2)CCCC12CCCN2Cc1c(F)cccc1F. The molecule has 3 aliphatic rings. The van der Waals surface area contributed by atoms with E-state index in [4.69, 9.17) is 0 Å². The van der Waals surface area contributed by atoms with Crippen LogP contribution in [0.2, 0.25) is 0 Å². The Hall–Kier alpha value is -1.53. The zero-order valence-corrected chi connectivity index (χ0v) is 15.7. The van der Waals surface area contributed by atoms with Crippen molar-refractivity contribution in [1.82, 2.24) is 9.80 Å². The summed E-state index contributed by atoms with van der Waals surface area (Å²) in [5.41, 5.74) is -0.562. The molecule has 0 bridgehead atoms. The smallest absolute Gasteiger partial charge is 0.243 e. The van der Waals surface area contributed by atoms with Crippen molar-refractivity contribution in [2.24, 2.45) is 0 Å². The van der Waals surface area contributed by atoms with E-state index in [2.05, 4.69) is 0 Å². The van der Waals surface area contributed by atoms with Crippen molar-refractivity contribution in [3.63, 3.8) is 0 Å². The van der Waals surface area contributed by atoms with Crippen LogP contribution in [-0.4, -0.2) is 51.6 Å². The molecule has 0 aromatic heterocycles. The average Bonchev–Trinajstić information content (AvgIpc) is 3.05. The first-order valence-corrected chi connectivity index (χ1v) is 10.2. The molecule has 2 heterocycles. The Bertz CT molecular complexity index is 685. The topological polar surface area (TPSA) is 43.8 Å². The van der Waals surface area contributed by atoms with E-state index in [1.54, 1.807) is 0 Å². The fourth-order valence-corrected chi connectivity index (χ4v) is 5.30. The van der Waals surface area contributed by atoms with Gasteiger partial charge in [-0.05, 0) is 70.0 Å². The molecule has 1 spiro atoms. The summed E-state index contributed by atoms with van der Waals surface area (Å²) in [6.45, 7) is 1.58. The standard InChI is InChI=1S/C21H28F2N2O2/c22-18-4-1-5-19(23)17(18)14-24-12-2-10-21(24)11-3-13-25(20(21)27)15-6-8-16(26)9-7-15/h1,4-5,15-16,26H,2-3,6-14H2. The summed E-state index contributed by atoms with van der Waals surface area (Å²) in [5, 5.41) is 9.77. The predicted molar refractivity (Wildman–Crippen MR) is 97.9 cm³/mol. The quantitative estimate of drug-likeness (QED) is 0.878. The van der Waals surface area contributed by atoms with Crippen molar-refractivity contribution < 1.29 is 18.7 Å². The van der Waals surface area contributed by atoms with Gasteiger partial charge in [-0.15, -0.1) is 0 Å². The van der Waals surface area contributed by atoms with Gasteiger partial charge >= 0.3 is 0 Å². The number of piperidine rings is 1. The number of hydrogen-bond acceptors (Lipinski definition) is 3. The molecule has 148 valence electrons. The molecule has 27 heavy (non-hydrogen) atoms. The summed E-state index contributed by atoms with van der Waals surface area (Å²) in [5.74, 6) is -0.957. The third kappa shape index (κ3) is 3.38. The number of aliphatic hydroxyl groups is 1. The minimum absolute atomic E-state index is 0.0597. The van der Waals surface area contributed by atoms with Crippen LogP contribution in [0.3, 0.4) is 0 Å². The largest absolute Gasteiger partial charge is 0.393 e. The third-order valence-corrected chi connectivity index (χ3v) is 6.79. The molecule has 1 atom stereocenters. The number of amides is 1. The number of aliphatic hydroxyl groups excluding tert-OH is 1. The highest BCUT2D eigenvalue weighted by Crippen LogP contribution is 2.41. The monoisotopic (exact) mass is 378 g/mol. The Morgan fingerprint density at radius 2 is 1.67 bits per heavy atom. The van der Waals surface area contributed by atoms with Crippen LogP contribution in [0.4, 0.5) is 8.78 Å². The van der Waals surface area contributed by atoms with Gasteiger partial charge in [-0.1, -0.05) is 6.07 Å². The Labute approximate surface area is 159 Å². The van der Waals surface area contributed by atoms with Gasteiger partial charge in [-0.2, -0.15) is 0 Å². The summed E-state index contributed by atoms with van der Waals surface area (Å²) in [6, 6.07) is 4.12. The summed E-state index contributed by atoms with van der Waals surface area (Å²) < 4.78 is 28.4. The summed E-state index contributed by atoms with van der Waals surface area (Å²) >= 11 is 0. The fourth-order valence-electron chi connectivity index (χ4n) is 5.30. The molecule has 4 rings (SSSR count). The van der Waals surface area contributed by atoms with E-state index in [0.717, 1.165) is 57.9 Å². The average molecular weight is 378 g/mol. The van der Waals surface area contributed by atoms with Gasteiger partial charge in [0.15, 0.2) is 0 Å². The van der Waals surface area contributed by atoms with Crippen LogP contribution in [0.5, 0.6) is 0 Å². The van der Waals surface area contributed by atoms with E-state index in [1.807, 2.05) is 9.80 Å². The van der Waals surface area contributed by atoms with Gasteiger partial charge in [0.05, 0.1) is 6.10 Å². The lowest BCUT2D eigenvalue weighted by Gasteiger charge is -2.48. The number of carbonyl (C=O) groups is 1. The van der Waals surface area contributed by atoms with Crippen LogP contribution >= 0.6 is 0 Å². The molecule has 1 N–H and O–H groups in total. The van der Waals surface area contributed by atoms with Gasteiger partial charge in [-0.3, -0.25) is 9.69 Å². The van der Waals surface area contributed by atoms with Crippen molar-refractivity contribution in [1.29, 1.82) is 0 Å². The van der Waals surface area contributed by atoms with Crippen molar-refractivity contribution >= 4 is 5.91 Å². The summed E-state index contributed by atoms with van der Waals surface area (Å²) in [6.07, 6.45) is 6.22. The lowest BCUT2D eigenvalue weighted by molar-refractivity contribution is -0.152. The fraction of sp³-hybridized carbons (Fsp3) is 0.667. The molecule has 1 saturated carbocycles. The lowest BCUT2D eigenvalue weighted by Crippen LogP contribution is -2.62. The van der Waals surface area contributed by atoms with E-state index in [0.29, 0.717) is 6.54 Å². The Morgan fingerprint density at radius 3 is 2.33 bits per heavy atom. The Morgan fingerprint density at radius 1 is 1.04 bits per heavy atom. The van der Waals surface area contributed by atoms with Crippen LogP contribution in [-0.2, 0) is 11.3 Å². The van der Waals surface area contributed by atoms with Crippen molar-refractivity contribution in [3.8, 4) is 0 Å². The molecule has 1 unspecified atom stereocenters. The van der Waals surface area contributed by atoms with Crippen LogP contribution in [0.15, 0.2) is 18.2 Å². The lowest BCUT2D eigenvalue weighted by atomic mass is 9.82. The highest BCUT2D eigenvalue weighted by molar-refractivity contribution is 5.87. The first-order chi connectivity index (χ1) is 13.0. The number of nitrogens with zero attached hydrogens (tertiary/aromatic N) is 2. The van der Waals surface area contributed by atoms with Gasteiger partial charge < -0.3 is 10.0 Å². The predicted octanol–water partition coefficient (Wildman–Crippen LogP) is 3.23. The number of halogens is 2. The van der Waals surface area contributed by atoms with E-state index < -0.39 is 17.2 Å². The maximum absolute atomic E-state index is 14.2. The molecule has 3 fully saturated rings. The second-order valence-electron chi connectivity index (χ2n) is 8.32. The number of likely N-dealkylation sites (tertiary alicyclic amines) is 2. The van der Waals surface area contributed by atoms with Gasteiger partial charge in [-0.25, -0.2) is 8.78 Å². The molecule has 0 radical (unpaired) electrons. The van der Waals surface area contributed by atoms with Crippen LogP contribution < -0.4 is 0 Å². The zero-order chi connectivity index (χ0) is 19.0. The molecule has 1 aliphatic carbocycles. The number of hydrogen-bond donors (Lipinski definition) is 1. The van der Waals surface area contributed by atoms with E-state index in [-0.39, 0.29) is 30.2 Å². The second-order valence-corrected chi connectivity index (χ2v) is 8.32. The zero-order valence-electron chi connectivity index (χ0n) is 15.7. The van der Waals surface area contributed by atoms with Crippen LogP contribution in [0.1, 0.15) is 56.9 Å². The Kier molecular flexibility index (Phi) is 5.21. The van der Waals surface area contributed by atoms with Gasteiger partial charge in [0.1, 0.15) is 17.2 Å². The molecular formula is C21H28F2N2O2. The normalized spacial score (nSPS) is 32.4. The third-order valence-electron chi connectivity index (χ3n) is 6.79. The number of carbonyl (C=O) groups excluding carboxylic acids is 1. The highest BCUT2D eigenvalue weighted by Gasteiger charge is 2.52. The van der Waals surface area contributed by atoms with Gasteiger partial charge in [0.2, 0.25) is 5.91 Å². The van der Waals surface area contributed by atoms with Crippen molar-refractivity contribution in [2.75, 3.05) is 13.1 Å². The van der Waals surface area contributed by atoms with Gasteiger partial charge in [0.25, 0.3) is 0 Å². The molecule has 1 amide bonds. The number of benzene rings is 1. The van der Waals surface area contributed by atoms with Gasteiger partial charge in [0, 0.05) is 24.7 Å². The highest BCUT2D eigenvalue weighted by atomic mass is 19.1. The molecular weight excluding hydrogens is 350 g/mol. The molecule has 2 aliphatic heterocycles. The van der Waals surface area contributed by atoms with Crippen LogP contribution in [0, 0.1) is 11.6 Å². The molecule has 6 heteroatoms. The first-order valence-electron chi connectivity index (χ1n) is 10.2. The van der Waals surface area contributed by atoms with E-state index in [9.17, 15) is 18.7 Å².